The highest BCUT2D eigenvalue weighted by Crippen LogP contribution is 2.61. The van der Waals surface area contributed by atoms with Crippen LogP contribution in [-0.2, 0) is 0 Å². The summed E-state index contributed by atoms with van der Waals surface area (Å²) in [6.07, 6.45) is 0. The van der Waals surface area contributed by atoms with Crippen LogP contribution in [0, 0.1) is 20.2 Å². The van der Waals surface area contributed by atoms with Gasteiger partial charge in [0, 0.05) is 50.9 Å². The standard InChI is InChI=1S/C20H13N3O4S2/c24-22(25)13-6-8-17-15(10-13)19(28-17)21(12-4-2-1-3-5-12)20-16-11-14(23(26)27)7-9-18(16)29-20/h1-11,19-20H. The fourth-order valence-corrected chi connectivity index (χ4v) is 6.01. The summed E-state index contributed by atoms with van der Waals surface area (Å²) in [6.45, 7) is 0. The summed E-state index contributed by atoms with van der Waals surface area (Å²) in [4.78, 5) is 25.9. The molecule has 2 unspecified atom stereocenters. The minimum Gasteiger partial charge on any atom is -0.338 e. The molecule has 2 aliphatic rings. The SMILES string of the molecule is O=[N+]([O-])c1ccc2c(c1)C(N(c1ccccc1)C1Sc3ccc([N+](=O)[O-])cc31)S2. The lowest BCUT2D eigenvalue weighted by Gasteiger charge is -2.47. The number of hydrogen-bond acceptors (Lipinski definition) is 7. The molecule has 9 heteroatoms. The third kappa shape index (κ3) is 2.93. The highest BCUT2D eigenvalue weighted by molar-refractivity contribution is 8.02. The molecule has 0 spiro atoms. The molecule has 0 aliphatic carbocycles. The smallest absolute Gasteiger partial charge is 0.269 e. The van der Waals surface area contributed by atoms with E-state index in [1.807, 2.05) is 30.3 Å². The largest absolute Gasteiger partial charge is 0.338 e. The quantitative estimate of drug-likeness (QED) is 0.372. The van der Waals surface area contributed by atoms with Gasteiger partial charge in [-0.2, -0.15) is 0 Å². The van der Waals surface area contributed by atoms with Gasteiger partial charge in [0.25, 0.3) is 11.4 Å². The number of thioether (sulfide) groups is 2. The molecule has 29 heavy (non-hydrogen) atoms. The number of nitro groups is 2. The van der Waals surface area contributed by atoms with E-state index in [4.69, 9.17) is 0 Å². The van der Waals surface area contributed by atoms with Gasteiger partial charge in [0.05, 0.1) is 9.85 Å². The number of benzene rings is 3. The second kappa shape index (κ2) is 6.78. The maximum absolute atomic E-state index is 11.2. The van der Waals surface area contributed by atoms with Gasteiger partial charge in [0.15, 0.2) is 0 Å². The van der Waals surface area contributed by atoms with Crippen molar-refractivity contribution in [3.05, 3.63) is 98.1 Å². The Morgan fingerprint density at radius 2 is 1.21 bits per heavy atom. The van der Waals surface area contributed by atoms with Crippen molar-refractivity contribution in [2.24, 2.45) is 0 Å². The van der Waals surface area contributed by atoms with Crippen LogP contribution in [0.3, 0.4) is 0 Å². The monoisotopic (exact) mass is 423 g/mol. The average Bonchev–Trinajstić information content (AvgIpc) is 2.68. The van der Waals surface area contributed by atoms with Gasteiger partial charge in [-0.05, 0) is 24.3 Å². The Bertz CT molecular complexity index is 1080. The van der Waals surface area contributed by atoms with Crippen LogP contribution in [0.15, 0.2) is 76.5 Å². The van der Waals surface area contributed by atoms with Crippen LogP contribution in [0.2, 0.25) is 0 Å². The second-order valence-electron chi connectivity index (χ2n) is 6.64. The molecule has 0 saturated carbocycles. The minimum absolute atomic E-state index is 0.0689. The molecular formula is C20H13N3O4S2. The van der Waals surface area contributed by atoms with E-state index in [2.05, 4.69) is 4.90 Å². The zero-order valence-electron chi connectivity index (χ0n) is 14.8. The molecule has 144 valence electrons. The predicted octanol–water partition coefficient (Wildman–Crippen LogP) is 5.92. The van der Waals surface area contributed by atoms with Gasteiger partial charge in [-0.1, -0.05) is 41.7 Å². The molecule has 0 fully saturated rings. The van der Waals surface area contributed by atoms with Crippen molar-refractivity contribution in [1.82, 2.24) is 0 Å². The van der Waals surface area contributed by atoms with E-state index in [1.54, 1.807) is 47.8 Å². The fourth-order valence-electron chi connectivity index (χ4n) is 3.56. The van der Waals surface area contributed by atoms with E-state index in [1.165, 1.54) is 12.1 Å². The Morgan fingerprint density at radius 1 is 0.724 bits per heavy atom. The maximum Gasteiger partial charge on any atom is 0.269 e. The maximum atomic E-state index is 11.2. The van der Waals surface area contributed by atoms with Crippen molar-refractivity contribution >= 4 is 40.6 Å². The van der Waals surface area contributed by atoms with Crippen LogP contribution in [0.4, 0.5) is 17.1 Å². The molecule has 0 amide bonds. The fraction of sp³-hybridized carbons (Fsp3) is 0.100. The van der Waals surface area contributed by atoms with Gasteiger partial charge in [0.1, 0.15) is 10.7 Å². The molecule has 0 radical (unpaired) electrons. The third-order valence-corrected chi connectivity index (χ3v) is 7.64. The van der Waals surface area contributed by atoms with Crippen molar-refractivity contribution in [2.45, 2.75) is 20.5 Å². The van der Waals surface area contributed by atoms with Crippen LogP contribution >= 0.6 is 23.5 Å². The predicted molar refractivity (Wildman–Crippen MR) is 112 cm³/mol. The lowest BCUT2D eigenvalue weighted by Crippen LogP contribution is -2.36. The lowest BCUT2D eigenvalue weighted by atomic mass is 10.1. The number of non-ortho nitro benzene ring substituents is 2. The summed E-state index contributed by atoms with van der Waals surface area (Å²) in [6, 6.07) is 19.7. The topological polar surface area (TPSA) is 89.5 Å². The van der Waals surface area contributed by atoms with Crippen molar-refractivity contribution < 1.29 is 9.85 Å². The highest BCUT2D eigenvalue weighted by atomic mass is 32.2. The highest BCUT2D eigenvalue weighted by Gasteiger charge is 2.43. The molecule has 7 nitrogen and oxygen atoms in total. The first kappa shape index (κ1) is 18.0. The molecule has 0 saturated heterocycles. The van der Waals surface area contributed by atoms with E-state index >= 15 is 0 Å². The Kier molecular flexibility index (Phi) is 4.21. The van der Waals surface area contributed by atoms with Gasteiger partial charge in [-0.25, -0.2) is 0 Å². The average molecular weight is 423 g/mol. The van der Waals surface area contributed by atoms with Gasteiger partial charge >= 0.3 is 0 Å². The van der Waals surface area contributed by atoms with Crippen molar-refractivity contribution in [3.8, 4) is 0 Å². The van der Waals surface area contributed by atoms with Gasteiger partial charge < -0.3 is 4.90 Å². The molecule has 2 atom stereocenters. The van der Waals surface area contributed by atoms with Crippen LogP contribution < -0.4 is 4.90 Å². The number of anilines is 1. The summed E-state index contributed by atoms with van der Waals surface area (Å²) in [7, 11) is 0. The summed E-state index contributed by atoms with van der Waals surface area (Å²) >= 11 is 3.28. The van der Waals surface area contributed by atoms with Crippen LogP contribution in [-0.4, -0.2) is 9.85 Å². The number of hydrogen-bond donors (Lipinski definition) is 0. The zero-order chi connectivity index (χ0) is 20.1. The van der Waals surface area contributed by atoms with E-state index in [-0.39, 0.29) is 32.0 Å². The summed E-state index contributed by atoms with van der Waals surface area (Å²) < 4.78 is 0. The third-order valence-electron chi connectivity index (χ3n) is 4.98. The first-order chi connectivity index (χ1) is 14.0. The lowest BCUT2D eigenvalue weighted by molar-refractivity contribution is -0.385. The number of nitrogens with zero attached hydrogens (tertiary/aromatic N) is 3. The molecule has 3 aromatic carbocycles. The van der Waals surface area contributed by atoms with E-state index in [0.717, 1.165) is 26.6 Å². The molecule has 0 bridgehead atoms. The van der Waals surface area contributed by atoms with Gasteiger partial charge in [0.2, 0.25) is 0 Å². The second-order valence-corrected chi connectivity index (χ2v) is 8.89. The molecule has 0 N–H and O–H groups in total. The van der Waals surface area contributed by atoms with Crippen molar-refractivity contribution in [1.29, 1.82) is 0 Å². The molecule has 5 rings (SSSR count). The molecule has 2 heterocycles. The Labute approximate surface area is 174 Å². The minimum atomic E-state index is -0.385. The van der Waals surface area contributed by atoms with Gasteiger partial charge in [-0.15, -0.1) is 0 Å². The van der Waals surface area contributed by atoms with Crippen molar-refractivity contribution in [2.75, 3.05) is 4.90 Å². The summed E-state index contributed by atoms with van der Waals surface area (Å²) in [5, 5.41) is 22.2. The number of para-hydroxylation sites is 1. The Morgan fingerprint density at radius 3 is 1.66 bits per heavy atom. The van der Waals surface area contributed by atoms with Crippen LogP contribution in [0.1, 0.15) is 21.9 Å². The van der Waals surface area contributed by atoms with E-state index in [9.17, 15) is 20.2 Å². The van der Waals surface area contributed by atoms with E-state index in [0.29, 0.717) is 0 Å². The normalized spacial score (nSPS) is 18.6. The summed E-state index contributed by atoms with van der Waals surface area (Å²) in [5.41, 5.74) is 2.93. The van der Waals surface area contributed by atoms with Crippen LogP contribution in [0.25, 0.3) is 0 Å². The zero-order valence-corrected chi connectivity index (χ0v) is 16.4. The Hall–Kier alpha value is -3.04. The molecular weight excluding hydrogens is 410 g/mol. The number of nitro benzene ring substituents is 2. The molecule has 0 aromatic heterocycles. The van der Waals surface area contributed by atoms with Crippen LogP contribution in [0.5, 0.6) is 0 Å². The first-order valence-electron chi connectivity index (χ1n) is 8.76. The van der Waals surface area contributed by atoms with Crippen molar-refractivity contribution in [3.63, 3.8) is 0 Å². The number of fused-ring (bicyclic) bond motifs is 2. The molecule has 2 aliphatic heterocycles. The summed E-state index contributed by atoms with van der Waals surface area (Å²) in [5.74, 6) is 0. The van der Waals surface area contributed by atoms with E-state index < -0.39 is 0 Å². The van der Waals surface area contributed by atoms with Gasteiger partial charge in [-0.3, -0.25) is 20.2 Å². The first-order valence-corrected chi connectivity index (χ1v) is 10.5. The Balaban J connectivity index is 1.57. The number of rotatable bonds is 5. The molecule has 3 aromatic rings.